The number of hydrogen-bond acceptors (Lipinski definition) is 5. The molecule has 7 heteroatoms. The Balaban J connectivity index is 1.65. The second-order valence-corrected chi connectivity index (χ2v) is 6.61. The van der Waals surface area contributed by atoms with Crippen molar-refractivity contribution in [1.29, 1.82) is 0 Å². The Morgan fingerprint density at radius 1 is 1.08 bits per heavy atom. The third kappa shape index (κ3) is 3.02. The molecular formula is C17H11ClN4OS. The normalized spacial score (nSPS) is 10.9. The highest BCUT2D eigenvalue weighted by Crippen LogP contribution is 2.31. The zero-order valence-electron chi connectivity index (χ0n) is 12.3. The second-order valence-electron chi connectivity index (χ2n) is 5.14. The summed E-state index contributed by atoms with van der Waals surface area (Å²) in [6.07, 6.45) is 0. The van der Waals surface area contributed by atoms with Crippen molar-refractivity contribution in [2.45, 2.75) is 0 Å². The van der Waals surface area contributed by atoms with Crippen molar-refractivity contribution in [2.24, 2.45) is 0 Å². The molecular weight excluding hydrogens is 344 g/mol. The molecule has 4 rings (SSSR count). The van der Waals surface area contributed by atoms with Crippen molar-refractivity contribution in [3.63, 3.8) is 0 Å². The van der Waals surface area contributed by atoms with E-state index in [9.17, 15) is 4.79 Å². The van der Waals surface area contributed by atoms with E-state index in [0.29, 0.717) is 10.7 Å². The maximum atomic E-state index is 11.1. The van der Waals surface area contributed by atoms with Crippen LogP contribution in [-0.2, 0) is 0 Å². The molecule has 0 aliphatic carbocycles. The van der Waals surface area contributed by atoms with Gasteiger partial charge >= 0.3 is 0 Å². The molecule has 0 spiro atoms. The first-order chi connectivity index (χ1) is 11.7. The highest BCUT2D eigenvalue weighted by Gasteiger charge is 2.06. The van der Waals surface area contributed by atoms with Gasteiger partial charge in [-0.2, -0.15) is 5.10 Å². The van der Waals surface area contributed by atoms with E-state index in [1.807, 2.05) is 42.5 Å². The minimum absolute atomic E-state index is 0.221. The van der Waals surface area contributed by atoms with E-state index in [4.69, 9.17) is 11.6 Å². The number of fused-ring (bicyclic) bond motifs is 1. The number of H-pyrrole nitrogens is 1. The maximum absolute atomic E-state index is 11.1. The smallest absolute Gasteiger partial charge is 0.264 e. The first-order valence-corrected chi connectivity index (χ1v) is 8.36. The summed E-state index contributed by atoms with van der Waals surface area (Å²) in [7, 11) is 0. The molecule has 5 nitrogen and oxygen atoms in total. The van der Waals surface area contributed by atoms with Gasteiger partial charge in [-0.1, -0.05) is 35.1 Å². The molecule has 4 aromatic rings. The Labute approximate surface area is 146 Å². The second kappa shape index (κ2) is 6.07. The van der Waals surface area contributed by atoms with Gasteiger partial charge in [-0.05, 0) is 36.4 Å². The zero-order chi connectivity index (χ0) is 16.5. The van der Waals surface area contributed by atoms with Gasteiger partial charge < -0.3 is 5.32 Å². The number of thiazole rings is 1. The lowest BCUT2D eigenvalue weighted by atomic mass is 10.1. The molecule has 2 aromatic carbocycles. The highest BCUT2D eigenvalue weighted by molar-refractivity contribution is 7.22. The van der Waals surface area contributed by atoms with Crippen LogP contribution in [0, 0.1) is 0 Å². The summed E-state index contributed by atoms with van der Waals surface area (Å²) in [6, 6.07) is 16.6. The topological polar surface area (TPSA) is 70.7 Å². The first-order valence-electron chi connectivity index (χ1n) is 7.17. The number of aromatic amines is 1. The van der Waals surface area contributed by atoms with Gasteiger partial charge in [-0.15, -0.1) is 0 Å². The predicted molar refractivity (Wildman–Crippen MR) is 98.2 cm³/mol. The van der Waals surface area contributed by atoms with Crippen LogP contribution >= 0.6 is 22.9 Å². The molecule has 0 unspecified atom stereocenters. The summed E-state index contributed by atoms with van der Waals surface area (Å²) < 4.78 is 1.03. The Kier molecular flexibility index (Phi) is 3.76. The standard InChI is InChI=1S/C17H11ClN4OS/c18-11-4-5-14-15(9-11)24-17(20-14)19-12-3-1-2-10(8-12)13-6-7-16(23)22-21-13/h1-9H,(H,19,20)(H,22,23). The highest BCUT2D eigenvalue weighted by atomic mass is 35.5. The van der Waals surface area contributed by atoms with Gasteiger partial charge in [0.2, 0.25) is 0 Å². The molecule has 2 N–H and O–H groups in total. The monoisotopic (exact) mass is 354 g/mol. The Hall–Kier alpha value is -2.70. The maximum Gasteiger partial charge on any atom is 0.264 e. The largest absolute Gasteiger partial charge is 0.332 e. The number of anilines is 2. The minimum Gasteiger partial charge on any atom is -0.332 e. The summed E-state index contributed by atoms with van der Waals surface area (Å²) in [5, 5.41) is 11.3. The van der Waals surface area contributed by atoms with E-state index in [2.05, 4.69) is 20.5 Å². The SMILES string of the molecule is O=c1ccc(-c2cccc(Nc3nc4ccc(Cl)cc4s3)c2)n[nH]1. The van der Waals surface area contributed by atoms with Crippen molar-refractivity contribution in [3.05, 3.63) is 70.0 Å². The van der Waals surface area contributed by atoms with E-state index >= 15 is 0 Å². The quantitative estimate of drug-likeness (QED) is 0.570. The fourth-order valence-electron chi connectivity index (χ4n) is 2.34. The summed E-state index contributed by atoms with van der Waals surface area (Å²) in [4.78, 5) is 15.7. The average Bonchev–Trinajstić information content (AvgIpc) is 2.97. The van der Waals surface area contributed by atoms with E-state index in [1.54, 1.807) is 17.4 Å². The third-order valence-electron chi connectivity index (χ3n) is 3.44. The molecule has 0 saturated carbocycles. The lowest BCUT2D eigenvalue weighted by Gasteiger charge is -2.05. The molecule has 0 amide bonds. The van der Waals surface area contributed by atoms with Crippen molar-refractivity contribution in [1.82, 2.24) is 15.2 Å². The molecule has 118 valence electrons. The fraction of sp³-hybridized carbons (Fsp3) is 0. The van der Waals surface area contributed by atoms with Gasteiger partial charge in [-0.3, -0.25) is 4.79 Å². The van der Waals surface area contributed by atoms with Crippen molar-refractivity contribution >= 4 is 44.0 Å². The van der Waals surface area contributed by atoms with Crippen LogP contribution in [0.2, 0.25) is 5.02 Å². The molecule has 0 fully saturated rings. The van der Waals surface area contributed by atoms with Crippen molar-refractivity contribution in [3.8, 4) is 11.3 Å². The Morgan fingerprint density at radius 2 is 2.00 bits per heavy atom. The lowest BCUT2D eigenvalue weighted by molar-refractivity contribution is 0.995. The molecule has 0 saturated heterocycles. The first kappa shape index (κ1) is 14.9. The van der Waals surface area contributed by atoms with Crippen LogP contribution in [0.3, 0.4) is 0 Å². The number of nitrogens with one attached hydrogen (secondary N) is 2. The molecule has 0 radical (unpaired) electrons. The molecule has 2 heterocycles. The summed E-state index contributed by atoms with van der Waals surface area (Å²) in [5.74, 6) is 0. The van der Waals surface area contributed by atoms with Gasteiger partial charge in [0, 0.05) is 22.3 Å². The molecule has 0 bridgehead atoms. The molecule has 0 aliphatic rings. The van der Waals surface area contributed by atoms with Crippen LogP contribution in [0.15, 0.2) is 59.4 Å². The van der Waals surface area contributed by atoms with Crippen LogP contribution in [0.5, 0.6) is 0 Å². The van der Waals surface area contributed by atoms with Crippen LogP contribution in [-0.4, -0.2) is 15.2 Å². The summed E-state index contributed by atoms with van der Waals surface area (Å²) >= 11 is 7.55. The minimum atomic E-state index is -0.221. The summed E-state index contributed by atoms with van der Waals surface area (Å²) in [5.41, 5.74) is 3.19. The van der Waals surface area contributed by atoms with E-state index in [0.717, 1.165) is 26.6 Å². The Morgan fingerprint density at radius 3 is 2.83 bits per heavy atom. The molecule has 2 aromatic heterocycles. The van der Waals surface area contributed by atoms with E-state index in [1.165, 1.54) is 6.07 Å². The third-order valence-corrected chi connectivity index (χ3v) is 4.61. The molecule has 0 atom stereocenters. The number of halogens is 1. The molecule has 0 aliphatic heterocycles. The molecule has 24 heavy (non-hydrogen) atoms. The number of nitrogens with zero attached hydrogens (tertiary/aromatic N) is 2. The fourth-order valence-corrected chi connectivity index (χ4v) is 3.50. The van der Waals surface area contributed by atoms with Crippen molar-refractivity contribution < 1.29 is 0 Å². The summed E-state index contributed by atoms with van der Waals surface area (Å²) in [6.45, 7) is 0. The zero-order valence-corrected chi connectivity index (χ0v) is 13.9. The van der Waals surface area contributed by atoms with E-state index < -0.39 is 0 Å². The van der Waals surface area contributed by atoms with Crippen LogP contribution < -0.4 is 10.9 Å². The Bertz CT molecular complexity index is 1070. The van der Waals surface area contributed by atoms with Gasteiger partial charge in [0.25, 0.3) is 5.56 Å². The average molecular weight is 355 g/mol. The van der Waals surface area contributed by atoms with Crippen molar-refractivity contribution in [2.75, 3.05) is 5.32 Å². The number of aromatic nitrogens is 3. The van der Waals surface area contributed by atoms with Gasteiger partial charge in [-0.25, -0.2) is 10.1 Å². The number of hydrogen-bond donors (Lipinski definition) is 2. The van der Waals surface area contributed by atoms with Gasteiger partial charge in [0.05, 0.1) is 15.9 Å². The number of rotatable bonds is 3. The van der Waals surface area contributed by atoms with Crippen LogP contribution in [0.1, 0.15) is 0 Å². The van der Waals surface area contributed by atoms with Crippen LogP contribution in [0.25, 0.3) is 21.5 Å². The van der Waals surface area contributed by atoms with E-state index in [-0.39, 0.29) is 5.56 Å². The predicted octanol–water partition coefficient (Wildman–Crippen LogP) is 4.44. The lowest BCUT2D eigenvalue weighted by Crippen LogP contribution is -2.05. The van der Waals surface area contributed by atoms with Crippen LogP contribution in [0.4, 0.5) is 10.8 Å². The number of benzene rings is 2. The van der Waals surface area contributed by atoms with Gasteiger partial charge in [0.15, 0.2) is 5.13 Å². The van der Waals surface area contributed by atoms with Gasteiger partial charge in [0.1, 0.15) is 0 Å².